The molecule has 1 rings (SSSR count). The minimum atomic E-state index is 0.218. The Labute approximate surface area is 150 Å². The number of hydrogen-bond acceptors (Lipinski definition) is 3. The molecule has 0 aliphatic carbocycles. The van der Waals surface area contributed by atoms with Gasteiger partial charge in [0.25, 0.3) is 0 Å². The van der Waals surface area contributed by atoms with E-state index in [-0.39, 0.29) is 12.2 Å². The molecule has 0 bridgehead atoms. The van der Waals surface area contributed by atoms with Crippen molar-refractivity contribution in [2.24, 2.45) is 11.8 Å². The van der Waals surface area contributed by atoms with Gasteiger partial charge in [-0.25, -0.2) is 0 Å². The molecule has 24 heavy (non-hydrogen) atoms. The van der Waals surface area contributed by atoms with Crippen molar-refractivity contribution < 1.29 is 14.2 Å². The predicted molar refractivity (Wildman–Crippen MR) is 102 cm³/mol. The van der Waals surface area contributed by atoms with E-state index in [1.165, 1.54) is 51.4 Å². The molecular formula is C21H42O3. The third kappa shape index (κ3) is 9.39. The first-order valence-corrected chi connectivity index (χ1v) is 10.5. The van der Waals surface area contributed by atoms with Crippen LogP contribution in [0.3, 0.4) is 0 Å². The molecule has 0 aromatic carbocycles. The quantitative estimate of drug-likeness (QED) is 0.410. The van der Waals surface area contributed by atoms with Crippen molar-refractivity contribution in [2.45, 2.75) is 97.7 Å². The van der Waals surface area contributed by atoms with Crippen LogP contribution in [0.5, 0.6) is 0 Å². The average Bonchev–Trinajstić information content (AvgIpc) is 2.62. The highest BCUT2D eigenvalue weighted by atomic mass is 16.6. The number of unbranched alkanes of at least 4 members (excludes halogenated alkanes) is 2. The second kappa shape index (κ2) is 14.1. The van der Waals surface area contributed by atoms with Gasteiger partial charge in [-0.15, -0.1) is 0 Å². The molecule has 0 radical (unpaired) electrons. The van der Waals surface area contributed by atoms with Gasteiger partial charge in [-0.2, -0.15) is 0 Å². The highest BCUT2D eigenvalue weighted by Gasteiger charge is 2.25. The lowest BCUT2D eigenvalue weighted by atomic mass is 10.00. The largest absolute Gasteiger partial charge is 0.376 e. The van der Waals surface area contributed by atoms with E-state index < -0.39 is 0 Å². The summed E-state index contributed by atoms with van der Waals surface area (Å²) in [7, 11) is 0. The van der Waals surface area contributed by atoms with Crippen LogP contribution in [-0.2, 0) is 14.2 Å². The summed E-state index contributed by atoms with van der Waals surface area (Å²) in [5, 5.41) is 0. The maximum atomic E-state index is 6.16. The first-order valence-electron chi connectivity index (χ1n) is 10.5. The van der Waals surface area contributed by atoms with Gasteiger partial charge in [-0.1, -0.05) is 66.2 Å². The lowest BCUT2D eigenvalue weighted by Gasteiger charge is -2.31. The Hall–Kier alpha value is -0.120. The van der Waals surface area contributed by atoms with Crippen molar-refractivity contribution in [1.29, 1.82) is 0 Å². The van der Waals surface area contributed by atoms with Crippen LogP contribution in [0.15, 0.2) is 0 Å². The fourth-order valence-electron chi connectivity index (χ4n) is 3.33. The molecule has 1 saturated heterocycles. The molecule has 0 aromatic heterocycles. The van der Waals surface area contributed by atoms with E-state index >= 15 is 0 Å². The van der Waals surface area contributed by atoms with Gasteiger partial charge in [0.15, 0.2) is 0 Å². The fourth-order valence-corrected chi connectivity index (χ4v) is 3.33. The molecular weight excluding hydrogens is 300 g/mol. The van der Waals surface area contributed by atoms with Crippen LogP contribution >= 0.6 is 0 Å². The predicted octanol–water partition coefficient (Wildman–Crippen LogP) is 5.61. The Morgan fingerprint density at radius 2 is 1.25 bits per heavy atom. The molecule has 1 aliphatic rings. The molecule has 0 N–H and O–H groups in total. The Morgan fingerprint density at radius 3 is 1.62 bits per heavy atom. The van der Waals surface area contributed by atoms with Gasteiger partial charge in [0, 0.05) is 19.6 Å². The van der Waals surface area contributed by atoms with Crippen molar-refractivity contribution in [2.75, 3.05) is 26.4 Å². The second-order valence-corrected chi connectivity index (χ2v) is 7.52. The minimum Gasteiger partial charge on any atom is -0.376 e. The van der Waals surface area contributed by atoms with Crippen LogP contribution in [-0.4, -0.2) is 38.6 Å². The first kappa shape index (κ1) is 21.9. The summed E-state index contributed by atoms with van der Waals surface area (Å²) in [6.07, 6.45) is 11.6. The molecule has 3 nitrogen and oxygen atoms in total. The number of ether oxygens (including phenoxy) is 3. The summed E-state index contributed by atoms with van der Waals surface area (Å²) in [5.74, 6) is 1.40. The monoisotopic (exact) mass is 342 g/mol. The van der Waals surface area contributed by atoms with Gasteiger partial charge in [0.05, 0.1) is 25.4 Å². The van der Waals surface area contributed by atoms with Crippen molar-refractivity contribution in [3.05, 3.63) is 0 Å². The molecule has 1 aliphatic heterocycles. The van der Waals surface area contributed by atoms with Crippen molar-refractivity contribution >= 4 is 0 Å². The van der Waals surface area contributed by atoms with Gasteiger partial charge >= 0.3 is 0 Å². The summed E-state index contributed by atoms with van der Waals surface area (Å²) in [4.78, 5) is 0. The summed E-state index contributed by atoms with van der Waals surface area (Å²) in [6, 6.07) is 0. The Bertz CT molecular complexity index is 256. The third-order valence-corrected chi connectivity index (χ3v) is 5.36. The molecule has 0 amide bonds. The minimum absolute atomic E-state index is 0.218. The van der Waals surface area contributed by atoms with Crippen LogP contribution < -0.4 is 0 Å². The van der Waals surface area contributed by atoms with E-state index in [1.54, 1.807) is 0 Å². The maximum Gasteiger partial charge on any atom is 0.0834 e. The summed E-state index contributed by atoms with van der Waals surface area (Å²) >= 11 is 0. The molecule has 1 heterocycles. The summed E-state index contributed by atoms with van der Waals surface area (Å²) < 4.78 is 18.1. The zero-order valence-electron chi connectivity index (χ0n) is 16.7. The van der Waals surface area contributed by atoms with Gasteiger partial charge in [-0.05, 0) is 24.7 Å². The van der Waals surface area contributed by atoms with E-state index in [1.807, 2.05) is 0 Å². The summed E-state index contributed by atoms with van der Waals surface area (Å²) in [6.45, 7) is 12.3. The number of hydrogen-bond donors (Lipinski definition) is 0. The maximum absolute atomic E-state index is 6.16. The summed E-state index contributed by atoms with van der Waals surface area (Å²) in [5.41, 5.74) is 0. The van der Waals surface area contributed by atoms with Crippen molar-refractivity contribution in [1.82, 2.24) is 0 Å². The van der Waals surface area contributed by atoms with Crippen LogP contribution in [0.2, 0.25) is 0 Å². The van der Waals surface area contributed by atoms with Crippen LogP contribution in [0.25, 0.3) is 0 Å². The number of rotatable bonds is 14. The Morgan fingerprint density at radius 1 is 0.792 bits per heavy atom. The molecule has 0 spiro atoms. The van der Waals surface area contributed by atoms with E-state index in [0.29, 0.717) is 11.8 Å². The molecule has 0 saturated carbocycles. The Kier molecular flexibility index (Phi) is 12.9. The first-order chi connectivity index (χ1) is 11.7. The van der Waals surface area contributed by atoms with Gasteiger partial charge in [0.1, 0.15) is 0 Å². The second-order valence-electron chi connectivity index (χ2n) is 7.52. The standard InChI is InChI=1S/C21H42O3/c1-5-9-11-18(7-3)14-23-20-13-21(17-22-16-20)24-15-19(8-4)12-10-6-2/h18-21H,5-17H2,1-4H3/t18?,19?,20-,21+. The molecule has 144 valence electrons. The molecule has 1 fully saturated rings. The van der Waals surface area contributed by atoms with E-state index in [0.717, 1.165) is 32.8 Å². The van der Waals surface area contributed by atoms with Crippen LogP contribution in [0, 0.1) is 11.8 Å². The molecule has 2 unspecified atom stereocenters. The Balaban J connectivity index is 2.25. The topological polar surface area (TPSA) is 27.7 Å². The van der Waals surface area contributed by atoms with E-state index in [9.17, 15) is 0 Å². The van der Waals surface area contributed by atoms with Gasteiger partial charge < -0.3 is 14.2 Å². The van der Waals surface area contributed by atoms with Gasteiger partial charge in [-0.3, -0.25) is 0 Å². The van der Waals surface area contributed by atoms with E-state index in [4.69, 9.17) is 14.2 Å². The van der Waals surface area contributed by atoms with Gasteiger partial charge in [0.2, 0.25) is 0 Å². The molecule has 4 atom stereocenters. The van der Waals surface area contributed by atoms with Crippen molar-refractivity contribution in [3.63, 3.8) is 0 Å². The lowest BCUT2D eigenvalue weighted by molar-refractivity contribution is -0.128. The zero-order valence-corrected chi connectivity index (χ0v) is 16.7. The highest BCUT2D eigenvalue weighted by molar-refractivity contribution is 4.73. The normalized spacial score (nSPS) is 24.0. The SMILES string of the molecule is CCCCC(CC)CO[C@@H]1COC[C@H](OCC(CC)CCCC)C1. The fraction of sp³-hybridized carbons (Fsp3) is 1.00. The smallest absolute Gasteiger partial charge is 0.0834 e. The average molecular weight is 343 g/mol. The lowest BCUT2D eigenvalue weighted by Crippen LogP contribution is -2.38. The van der Waals surface area contributed by atoms with Crippen molar-refractivity contribution in [3.8, 4) is 0 Å². The van der Waals surface area contributed by atoms with Crippen LogP contribution in [0.4, 0.5) is 0 Å². The third-order valence-electron chi connectivity index (χ3n) is 5.36. The van der Waals surface area contributed by atoms with Crippen LogP contribution in [0.1, 0.15) is 85.5 Å². The highest BCUT2D eigenvalue weighted by Crippen LogP contribution is 2.20. The molecule has 3 heteroatoms. The van der Waals surface area contributed by atoms with E-state index in [2.05, 4.69) is 27.7 Å². The zero-order chi connectivity index (χ0) is 17.6. The molecule has 0 aromatic rings.